The van der Waals surface area contributed by atoms with Crippen molar-refractivity contribution in [3.63, 3.8) is 0 Å². The predicted octanol–water partition coefficient (Wildman–Crippen LogP) is 4.86. The van der Waals surface area contributed by atoms with Crippen LogP contribution in [0, 0.1) is 4.77 Å². The summed E-state index contributed by atoms with van der Waals surface area (Å²) in [6, 6.07) is 13.6. The maximum absolute atomic E-state index is 6.02. The van der Waals surface area contributed by atoms with Gasteiger partial charge in [-0.1, -0.05) is 17.7 Å². The van der Waals surface area contributed by atoms with E-state index >= 15 is 0 Å². The summed E-state index contributed by atoms with van der Waals surface area (Å²) in [4.78, 5) is 2.15. The molecule has 0 amide bonds. The second-order valence-electron chi connectivity index (χ2n) is 6.70. The predicted molar refractivity (Wildman–Crippen MR) is 118 cm³/mol. The van der Waals surface area contributed by atoms with Crippen LogP contribution in [0.3, 0.4) is 0 Å². The minimum atomic E-state index is 0.570. The molecule has 1 aromatic heterocycles. The first kappa shape index (κ1) is 21.4. The Morgan fingerprint density at radius 2 is 1.76 bits per heavy atom. The third kappa shape index (κ3) is 4.80. The highest BCUT2D eigenvalue weighted by atomic mass is 35.5. The van der Waals surface area contributed by atoms with Crippen molar-refractivity contribution >= 4 is 23.8 Å². The molecule has 3 rings (SSSR count). The molecule has 6 nitrogen and oxygen atoms in total. The van der Waals surface area contributed by atoms with Crippen LogP contribution in [0.1, 0.15) is 12.5 Å². The molecule has 0 N–H and O–H groups in total. The molecule has 2 aromatic carbocycles. The Balaban J connectivity index is 1.81. The van der Waals surface area contributed by atoms with E-state index in [2.05, 4.69) is 11.8 Å². The van der Waals surface area contributed by atoms with E-state index in [0.717, 1.165) is 41.5 Å². The number of aromatic nitrogens is 3. The zero-order chi connectivity index (χ0) is 21.0. The zero-order valence-electron chi connectivity index (χ0n) is 17.1. The van der Waals surface area contributed by atoms with Gasteiger partial charge in [-0.3, -0.25) is 4.90 Å². The van der Waals surface area contributed by atoms with Gasteiger partial charge in [-0.25, -0.2) is 4.68 Å². The van der Waals surface area contributed by atoms with Crippen LogP contribution >= 0.6 is 23.8 Å². The maximum atomic E-state index is 6.02. The molecule has 0 radical (unpaired) electrons. The summed E-state index contributed by atoms with van der Waals surface area (Å²) in [6.45, 7) is 4.10. The smallest absolute Gasteiger partial charge is 0.199 e. The fourth-order valence-corrected chi connectivity index (χ4v) is 3.64. The molecular formula is C21H25ClN4O2S. The lowest BCUT2D eigenvalue weighted by Gasteiger charge is -2.17. The molecule has 3 aromatic rings. The van der Waals surface area contributed by atoms with Crippen LogP contribution in [-0.4, -0.2) is 40.5 Å². The van der Waals surface area contributed by atoms with Gasteiger partial charge in [-0.15, -0.1) is 0 Å². The standard InChI is InChI=1S/C21H25ClN4O2S/c1-5-25-20(16-7-9-17(22)10-8-16)23-26(21(25)29)14-24(2)13-15-6-11-18(27-3)19(12-15)28-4/h6-12H,5,13-14H2,1-4H3. The second kappa shape index (κ2) is 9.43. The Kier molecular flexibility index (Phi) is 6.95. The van der Waals surface area contributed by atoms with Gasteiger partial charge in [0.05, 0.1) is 20.9 Å². The molecular weight excluding hydrogens is 408 g/mol. The molecule has 0 bridgehead atoms. The van der Waals surface area contributed by atoms with E-state index < -0.39 is 0 Å². The highest BCUT2D eigenvalue weighted by molar-refractivity contribution is 7.71. The molecule has 8 heteroatoms. The van der Waals surface area contributed by atoms with E-state index in [1.54, 1.807) is 14.2 Å². The Labute approximate surface area is 181 Å². The molecule has 0 fully saturated rings. The van der Waals surface area contributed by atoms with Crippen molar-refractivity contribution in [2.45, 2.75) is 26.7 Å². The average molecular weight is 433 g/mol. The highest BCUT2D eigenvalue weighted by Gasteiger charge is 2.14. The molecule has 0 saturated heterocycles. The lowest BCUT2D eigenvalue weighted by molar-refractivity contribution is 0.243. The Morgan fingerprint density at radius 3 is 2.38 bits per heavy atom. The first-order valence-electron chi connectivity index (χ1n) is 9.29. The van der Waals surface area contributed by atoms with Crippen molar-refractivity contribution in [3.05, 3.63) is 57.8 Å². The van der Waals surface area contributed by atoms with E-state index in [0.29, 0.717) is 16.5 Å². The molecule has 0 saturated carbocycles. The fraction of sp³-hybridized carbons (Fsp3) is 0.333. The number of methoxy groups -OCH3 is 2. The average Bonchev–Trinajstić information content (AvgIpc) is 3.03. The monoisotopic (exact) mass is 432 g/mol. The number of nitrogens with zero attached hydrogens (tertiary/aromatic N) is 4. The zero-order valence-corrected chi connectivity index (χ0v) is 18.6. The van der Waals surface area contributed by atoms with Gasteiger partial charge in [0.1, 0.15) is 0 Å². The van der Waals surface area contributed by atoms with E-state index in [9.17, 15) is 0 Å². The molecule has 1 heterocycles. The van der Waals surface area contributed by atoms with Gasteiger partial charge >= 0.3 is 0 Å². The number of rotatable bonds is 8. The Bertz CT molecular complexity index is 1030. The first-order chi connectivity index (χ1) is 14.0. The molecule has 0 spiro atoms. The van der Waals surface area contributed by atoms with Crippen molar-refractivity contribution < 1.29 is 9.47 Å². The summed E-state index contributed by atoms with van der Waals surface area (Å²) in [5.74, 6) is 2.28. The van der Waals surface area contributed by atoms with Crippen molar-refractivity contribution in [1.29, 1.82) is 0 Å². The van der Waals surface area contributed by atoms with Gasteiger partial charge < -0.3 is 14.0 Å². The third-order valence-electron chi connectivity index (χ3n) is 4.62. The summed E-state index contributed by atoms with van der Waals surface area (Å²) >= 11 is 11.7. The molecule has 0 unspecified atom stereocenters. The molecule has 0 atom stereocenters. The number of benzene rings is 2. The fourth-order valence-electron chi connectivity index (χ4n) is 3.20. The maximum Gasteiger partial charge on any atom is 0.199 e. The van der Waals surface area contributed by atoms with Crippen molar-refractivity contribution in [2.75, 3.05) is 21.3 Å². The van der Waals surface area contributed by atoms with Crippen LogP contribution in [-0.2, 0) is 19.8 Å². The van der Waals surface area contributed by atoms with Crippen LogP contribution < -0.4 is 9.47 Å². The minimum Gasteiger partial charge on any atom is -0.493 e. The summed E-state index contributed by atoms with van der Waals surface area (Å²) in [6.07, 6.45) is 0. The minimum absolute atomic E-state index is 0.570. The molecule has 0 aliphatic heterocycles. The largest absolute Gasteiger partial charge is 0.493 e. The first-order valence-corrected chi connectivity index (χ1v) is 10.1. The van der Waals surface area contributed by atoms with Crippen molar-refractivity contribution in [1.82, 2.24) is 19.2 Å². The van der Waals surface area contributed by atoms with E-state index in [4.69, 9.17) is 38.4 Å². The molecule has 0 aliphatic carbocycles. The summed E-state index contributed by atoms with van der Waals surface area (Å²) in [5, 5.41) is 5.47. The van der Waals surface area contributed by atoms with Crippen LogP contribution in [0.4, 0.5) is 0 Å². The van der Waals surface area contributed by atoms with Crippen LogP contribution in [0.5, 0.6) is 11.5 Å². The molecule has 0 aliphatic rings. The topological polar surface area (TPSA) is 44.5 Å². The Hall–Kier alpha value is -2.35. The van der Waals surface area contributed by atoms with Gasteiger partial charge in [0, 0.05) is 23.7 Å². The number of halogens is 1. The van der Waals surface area contributed by atoms with Gasteiger partial charge in [-0.05, 0) is 68.2 Å². The van der Waals surface area contributed by atoms with Crippen LogP contribution in [0.15, 0.2) is 42.5 Å². The second-order valence-corrected chi connectivity index (χ2v) is 7.50. The lowest BCUT2D eigenvalue weighted by atomic mass is 10.2. The SMILES string of the molecule is CCn1c(-c2ccc(Cl)cc2)nn(CN(C)Cc2ccc(OC)c(OC)c2)c1=S. The van der Waals surface area contributed by atoms with Gasteiger partial charge in [-0.2, -0.15) is 5.10 Å². The van der Waals surface area contributed by atoms with E-state index in [1.807, 2.05) is 58.8 Å². The normalized spacial score (nSPS) is 11.1. The van der Waals surface area contributed by atoms with Gasteiger partial charge in [0.15, 0.2) is 22.1 Å². The lowest BCUT2D eigenvalue weighted by Crippen LogP contribution is -2.22. The highest BCUT2D eigenvalue weighted by Crippen LogP contribution is 2.28. The number of hydrogen-bond donors (Lipinski definition) is 0. The van der Waals surface area contributed by atoms with Crippen LogP contribution in [0.25, 0.3) is 11.4 Å². The van der Waals surface area contributed by atoms with Crippen molar-refractivity contribution in [2.24, 2.45) is 0 Å². The van der Waals surface area contributed by atoms with Gasteiger partial charge in [0.25, 0.3) is 0 Å². The summed E-state index contributed by atoms with van der Waals surface area (Å²) in [7, 11) is 5.31. The van der Waals surface area contributed by atoms with E-state index in [1.165, 1.54) is 0 Å². The quantitative estimate of drug-likeness (QED) is 0.475. The molecule has 154 valence electrons. The van der Waals surface area contributed by atoms with Crippen LogP contribution in [0.2, 0.25) is 5.02 Å². The van der Waals surface area contributed by atoms with E-state index in [-0.39, 0.29) is 0 Å². The summed E-state index contributed by atoms with van der Waals surface area (Å²) in [5.41, 5.74) is 2.10. The Morgan fingerprint density at radius 1 is 1.07 bits per heavy atom. The number of ether oxygens (including phenoxy) is 2. The molecule has 29 heavy (non-hydrogen) atoms. The van der Waals surface area contributed by atoms with Crippen molar-refractivity contribution in [3.8, 4) is 22.9 Å². The van der Waals surface area contributed by atoms with Gasteiger partial charge in [0.2, 0.25) is 0 Å². The number of hydrogen-bond acceptors (Lipinski definition) is 5. The third-order valence-corrected chi connectivity index (χ3v) is 5.30. The summed E-state index contributed by atoms with van der Waals surface area (Å²) < 4.78 is 15.3.